The molecule has 3 rings (SSSR count). The lowest BCUT2D eigenvalue weighted by Crippen LogP contribution is -2.40. The van der Waals surface area contributed by atoms with Crippen molar-refractivity contribution in [1.82, 2.24) is 15.6 Å². The Morgan fingerprint density at radius 3 is 2.75 bits per heavy atom. The van der Waals surface area contributed by atoms with E-state index < -0.39 is 24.5 Å². The Bertz CT molecular complexity index is 1020. The van der Waals surface area contributed by atoms with E-state index in [1.807, 2.05) is 47.8 Å². The summed E-state index contributed by atoms with van der Waals surface area (Å²) in [5.41, 5.74) is 1.40. The average molecular weight is 395 g/mol. The number of rotatable bonds is 6. The third kappa shape index (κ3) is 5.75. The number of urea groups is 1. The fourth-order valence-electron chi connectivity index (χ4n) is 2.30. The predicted octanol–water partition coefficient (Wildman–Crippen LogP) is 2.88. The molecule has 1 aromatic carbocycles. The minimum atomic E-state index is -0.714. The fraction of sp³-hybridized carbons (Fsp3) is 0.100. The SMILES string of the molecule is O=C(COC(=O)/C=C/c1ccc2ccccc2n1)NC(=O)NCc1cccs1. The molecule has 3 amide bonds. The zero-order chi connectivity index (χ0) is 19.8. The predicted molar refractivity (Wildman–Crippen MR) is 106 cm³/mol. The average Bonchev–Trinajstić information content (AvgIpc) is 3.22. The van der Waals surface area contributed by atoms with Gasteiger partial charge in [-0.1, -0.05) is 30.3 Å². The van der Waals surface area contributed by atoms with Crippen LogP contribution in [0.4, 0.5) is 4.79 Å². The molecule has 0 aliphatic carbocycles. The highest BCUT2D eigenvalue weighted by molar-refractivity contribution is 7.09. The highest BCUT2D eigenvalue weighted by Gasteiger charge is 2.09. The van der Waals surface area contributed by atoms with E-state index in [0.29, 0.717) is 12.2 Å². The molecule has 3 aromatic rings. The van der Waals surface area contributed by atoms with Crippen molar-refractivity contribution in [3.8, 4) is 0 Å². The zero-order valence-corrected chi connectivity index (χ0v) is 15.6. The Morgan fingerprint density at radius 1 is 1.07 bits per heavy atom. The Labute approximate surface area is 165 Å². The quantitative estimate of drug-likeness (QED) is 0.494. The lowest BCUT2D eigenvalue weighted by atomic mass is 10.2. The molecule has 2 aromatic heterocycles. The Hall–Kier alpha value is -3.52. The molecule has 0 saturated heterocycles. The Kier molecular flexibility index (Phi) is 6.48. The van der Waals surface area contributed by atoms with Crippen LogP contribution >= 0.6 is 11.3 Å². The van der Waals surface area contributed by atoms with E-state index in [0.717, 1.165) is 15.8 Å². The summed E-state index contributed by atoms with van der Waals surface area (Å²) in [6, 6.07) is 14.4. The molecule has 28 heavy (non-hydrogen) atoms. The molecule has 0 bridgehead atoms. The third-order valence-corrected chi connectivity index (χ3v) is 4.49. The highest BCUT2D eigenvalue weighted by Crippen LogP contribution is 2.12. The number of amides is 3. The molecule has 7 nitrogen and oxygen atoms in total. The van der Waals surface area contributed by atoms with Gasteiger partial charge in [0.25, 0.3) is 5.91 Å². The van der Waals surface area contributed by atoms with Gasteiger partial charge in [-0.25, -0.2) is 14.6 Å². The van der Waals surface area contributed by atoms with E-state index in [2.05, 4.69) is 15.6 Å². The van der Waals surface area contributed by atoms with Crippen LogP contribution in [0.2, 0.25) is 0 Å². The number of imide groups is 1. The molecule has 0 atom stereocenters. The minimum Gasteiger partial charge on any atom is -0.452 e. The number of carbonyl (C=O) groups excluding carboxylic acids is 3. The van der Waals surface area contributed by atoms with Gasteiger partial charge in [-0.05, 0) is 29.7 Å². The maximum Gasteiger partial charge on any atom is 0.331 e. The Balaban J connectivity index is 1.41. The van der Waals surface area contributed by atoms with Gasteiger partial charge < -0.3 is 10.1 Å². The van der Waals surface area contributed by atoms with Gasteiger partial charge in [0, 0.05) is 16.3 Å². The van der Waals surface area contributed by atoms with Crippen molar-refractivity contribution in [2.24, 2.45) is 0 Å². The third-order valence-electron chi connectivity index (χ3n) is 3.61. The molecule has 0 fully saturated rings. The normalized spacial score (nSPS) is 10.7. The lowest BCUT2D eigenvalue weighted by molar-refractivity contribution is -0.143. The first kappa shape index (κ1) is 19.2. The number of hydrogen-bond acceptors (Lipinski definition) is 6. The molecule has 142 valence electrons. The summed E-state index contributed by atoms with van der Waals surface area (Å²) < 4.78 is 4.82. The topological polar surface area (TPSA) is 97.4 Å². The number of nitrogens with one attached hydrogen (secondary N) is 2. The molecule has 0 radical (unpaired) electrons. The van der Waals surface area contributed by atoms with Crippen LogP contribution in [-0.4, -0.2) is 29.5 Å². The fourth-order valence-corrected chi connectivity index (χ4v) is 2.94. The lowest BCUT2D eigenvalue weighted by Gasteiger charge is -2.05. The van der Waals surface area contributed by atoms with Crippen molar-refractivity contribution < 1.29 is 19.1 Å². The molecular weight excluding hydrogens is 378 g/mol. The molecule has 0 aliphatic rings. The second-order valence-electron chi connectivity index (χ2n) is 5.68. The van der Waals surface area contributed by atoms with Gasteiger partial charge in [-0.15, -0.1) is 11.3 Å². The zero-order valence-electron chi connectivity index (χ0n) is 14.8. The number of para-hydroxylation sites is 1. The van der Waals surface area contributed by atoms with Crippen LogP contribution < -0.4 is 10.6 Å². The van der Waals surface area contributed by atoms with E-state index in [4.69, 9.17) is 4.74 Å². The second-order valence-corrected chi connectivity index (χ2v) is 6.71. The first-order valence-corrected chi connectivity index (χ1v) is 9.29. The molecule has 2 N–H and O–H groups in total. The van der Waals surface area contributed by atoms with E-state index in [-0.39, 0.29) is 0 Å². The van der Waals surface area contributed by atoms with Gasteiger partial charge >= 0.3 is 12.0 Å². The van der Waals surface area contributed by atoms with Crippen LogP contribution in [0.1, 0.15) is 10.6 Å². The van der Waals surface area contributed by atoms with Gasteiger partial charge in [0.05, 0.1) is 17.8 Å². The van der Waals surface area contributed by atoms with E-state index in [1.54, 1.807) is 6.07 Å². The maximum atomic E-state index is 11.7. The number of pyridine rings is 1. The van der Waals surface area contributed by atoms with Gasteiger partial charge in [0.1, 0.15) is 0 Å². The van der Waals surface area contributed by atoms with Crippen LogP contribution in [0.15, 0.2) is 60.0 Å². The largest absolute Gasteiger partial charge is 0.452 e. The molecular formula is C20H17N3O4S. The summed E-state index contributed by atoms with van der Waals surface area (Å²) in [7, 11) is 0. The molecule has 0 spiro atoms. The molecule has 0 aliphatic heterocycles. The van der Waals surface area contributed by atoms with Crippen molar-refractivity contribution in [1.29, 1.82) is 0 Å². The van der Waals surface area contributed by atoms with Crippen molar-refractivity contribution in [3.05, 3.63) is 70.6 Å². The monoisotopic (exact) mass is 395 g/mol. The molecule has 8 heteroatoms. The van der Waals surface area contributed by atoms with Crippen LogP contribution in [0.3, 0.4) is 0 Å². The number of nitrogens with zero attached hydrogens (tertiary/aromatic N) is 1. The number of ether oxygens (including phenoxy) is 1. The van der Waals surface area contributed by atoms with Crippen molar-refractivity contribution in [3.63, 3.8) is 0 Å². The number of benzene rings is 1. The number of hydrogen-bond donors (Lipinski definition) is 2. The van der Waals surface area contributed by atoms with Crippen molar-refractivity contribution in [2.45, 2.75) is 6.54 Å². The maximum absolute atomic E-state index is 11.7. The molecule has 0 unspecified atom stereocenters. The number of carbonyl (C=O) groups is 3. The first-order chi connectivity index (χ1) is 13.6. The molecule has 0 saturated carbocycles. The van der Waals surface area contributed by atoms with E-state index in [1.165, 1.54) is 23.5 Å². The Morgan fingerprint density at radius 2 is 1.93 bits per heavy atom. The molecule has 2 heterocycles. The summed E-state index contributed by atoms with van der Waals surface area (Å²) in [4.78, 5) is 40.4. The van der Waals surface area contributed by atoms with Gasteiger partial charge in [-0.2, -0.15) is 0 Å². The standard InChI is InChI=1S/C20H17N3O4S/c24-18(23-20(26)21-12-16-5-3-11-28-16)13-27-19(25)10-9-15-8-7-14-4-1-2-6-17(14)22-15/h1-11H,12-13H2,(H2,21,23,24,26)/b10-9+. The summed E-state index contributed by atoms with van der Waals surface area (Å²) >= 11 is 1.49. The van der Waals surface area contributed by atoms with Crippen LogP contribution in [-0.2, 0) is 20.9 Å². The number of aromatic nitrogens is 1. The summed E-state index contributed by atoms with van der Waals surface area (Å²) in [5, 5.41) is 7.52. The van der Waals surface area contributed by atoms with Crippen LogP contribution in [0, 0.1) is 0 Å². The van der Waals surface area contributed by atoms with Gasteiger partial charge in [0.15, 0.2) is 6.61 Å². The minimum absolute atomic E-state index is 0.318. The first-order valence-electron chi connectivity index (χ1n) is 8.41. The van der Waals surface area contributed by atoms with E-state index in [9.17, 15) is 14.4 Å². The highest BCUT2D eigenvalue weighted by atomic mass is 32.1. The van der Waals surface area contributed by atoms with Crippen molar-refractivity contribution in [2.75, 3.05) is 6.61 Å². The second kappa shape index (κ2) is 9.43. The van der Waals surface area contributed by atoms with Gasteiger partial charge in [-0.3, -0.25) is 10.1 Å². The smallest absolute Gasteiger partial charge is 0.331 e. The van der Waals surface area contributed by atoms with Crippen LogP contribution in [0.25, 0.3) is 17.0 Å². The van der Waals surface area contributed by atoms with Gasteiger partial charge in [0.2, 0.25) is 0 Å². The number of esters is 1. The number of fused-ring (bicyclic) bond motifs is 1. The summed E-state index contributed by atoms with van der Waals surface area (Å²) in [6.45, 7) is -0.237. The summed E-state index contributed by atoms with van der Waals surface area (Å²) in [6.07, 6.45) is 2.68. The van der Waals surface area contributed by atoms with Crippen molar-refractivity contribution >= 4 is 46.2 Å². The van der Waals surface area contributed by atoms with Crippen LogP contribution in [0.5, 0.6) is 0 Å². The number of thiophene rings is 1. The van der Waals surface area contributed by atoms with E-state index >= 15 is 0 Å². The summed E-state index contributed by atoms with van der Waals surface area (Å²) in [5.74, 6) is -1.42.